The highest BCUT2D eigenvalue weighted by molar-refractivity contribution is 9.10. The molecule has 4 fully saturated rings. The van der Waals surface area contributed by atoms with E-state index in [9.17, 15) is 0 Å². The summed E-state index contributed by atoms with van der Waals surface area (Å²) in [7, 11) is 1.71. The van der Waals surface area contributed by atoms with Crippen LogP contribution in [0, 0.1) is 23.2 Å². The van der Waals surface area contributed by atoms with E-state index in [1.807, 2.05) is 6.92 Å². The third-order valence-corrected chi connectivity index (χ3v) is 7.78. The zero-order chi connectivity index (χ0) is 18.3. The van der Waals surface area contributed by atoms with Crippen molar-refractivity contribution in [2.45, 2.75) is 65.0 Å². The average molecular weight is 422 g/mol. The van der Waals surface area contributed by atoms with Gasteiger partial charge in [0.25, 0.3) is 0 Å². The highest BCUT2D eigenvalue weighted by atomic mass is 79.9. The maximum Gasteiger partial charge on any atom is 0.175 e. The molecule has 0 unspecified atom stereocenters. The number of methoxy groups -OCH3 is 1. The van der Waals surface area contributed by atoms with Crippen LogP contribution in [0.2, 0.25) is 0 Å². The maximum absolute atomic E-state index is 5.71. The molecule has 144 valence electrons. The van der Waals surface area contributed by atoms with Crippen molar-refractivity contribution < 1.29 is 9.47 Å². The van der Waals surface area contributed by atoms with Crippen molar-refractivity contribution in [3.8, 4) is 11.5 Å². The number of hydrogen-bond donors (Lipinski definition) is 1. The van der Waals surface area contributed by atoms with Crippen LogP contribution in [0.15, 0.2) is 16.6 Å². The van der Waals surface area contributed by atoms with Crippen molar-refractivity contribution in [2.24, 2.45) is 23.2 Å². The molecule has 26 heavy (non-hydrogen) atoms. The summed E-state index contributed by atoms with van der Waals surface area (Å²) >= 11 is 3.65. The molecule has 0 saturated heterocycles. The second-order valence-electron chi connectivity index (χ2n) is 8.92. The standard InChI is InChI=1S/C22H32BrNO2/c1-4-26-21-19(23)8-18(9-20(21)25-3)13-24-14(2)22-10-15-5-16(11-22)7-17(6-15)12-22/h8-9,14-17,24H,4-7,10-13H2,1-3H3/t14-,15?,16?,17?,22?/m0/s1. The minimum absolute atomic E-state index is 0.543. The van der Waals surface area contributed by atoms with Crippen LogP contribution >= 0.6 is 15.9 Å². The molecular weight excluding hydrogens is 390 g/mol. The summed E-state index contributed by atoms with van der Waals surface area (Å²) in [5.74, 6) is 4.62. The van der Waals surface area contributed by atoms with Crippen LogP contribution in [0.3, 0.4) is 0 Å². The Hall–Kier alpha value is -0.740. The molecule has 0 radical (unpaired) electrons. The van der Waals surface area contributed by atoms with Gasteiger partial charge in [-0.3, -0.25) is 0 Å². The van der Waals surface area contributed by atoms with Crippen LogP contribution in [-0.4, -0.2) is 19.8 Å². The minimum atomic E-state index is 0.543. The molecule has 0 spiro atoms. The molecule has 0 aliphatic heterocycles. The van der Waals surface area contributed by atoms with E-state index < -0.39 is 0 Å². The summed E-state index contributed by atoms with van der Waals surface area (Å²) in [6, 6.07) is 4.84. The second-order valence-corrected chi connectivity index (χ2v) is 9.78. The van der Waals surface area contributed by atoms with Crippen LogP contribution in [0.1, 0.15) is 57.9 Å². The van der Waals surface area contributed by atoms with Crippen LogP contribution in [0.4, 0.5) is 0 Å². The molecule has 1 atom stereocenters. The van der Waals surface area contributed by atoms with Crippen molar-refractivity contribution in [1.82, 2.24) is 5.32 Å². The Bertz CT molecular complexity index is 625. The van der Waals surface area contributed by atoms with E-state index in [2.05, 4.69) is 40.3 Å². The lowest BCUT2D eigenvalue weighted by Gasteiger charge is -2.59. The number of benzene rings is 1. The number of nitrogens with one attached hydrogen (secondary N) is 1. The van der Waals surface area contributed by atoms with E-state index in [-0.39, 0.29) is 0 Å². The summed E-state index contributed by atoms with van der Waals surface area (Å²) < 4.78 is 12.2. The number of ether oxygens (including phenoxy) is 2. The van der Waals surface area contributed by atoms with E-state index in [1.165, 1.54) is 44.1 Å². The normalized spacial score (nSPS) is 33.3. The van der Waals surface area contributed by atoms with Crippen molar-refractivity contribution in [3.05, 3.63) is 22.2 Å². The van der Waals surface area contributed by atoms with E-state index in [0.29, 0.717) is 18.1 Å². The number of hydrogen-bond acceptors (Lipinski definition) is 3. The lowest BCUT2D eigenvalue weighted by molar-refractivity contribution is -0.0706. The Kier molecular flexibility index (Phi) is 5.26. The second kappa shape index (κ2) is 7.35. The van der Waals surface area contributed by atoms with Crippen molar-refractivity contribution in [3.63, 3.8) is 0 Å². The summed E-state index contributed by atoms with van der Waals surface area (Å²) in [5.41, 5.74) is 1.79. The Morgan fingerprint density at radius 1 is 1.15 bits per heavy atom. The summed E-state index contributed by atoms with van der Waals surface area (Å²) in [5, 5.41) is 3.87. The van der Waals surface area contributed by atoms with Crippen LogP contribution < -0.4 is 14.8 Å². The Morgan fingerprint density at radius 2 is 1.77 bits per heavy atom. The molecule has 1 N–H and O–H groups in total. The Balaban J connectivity index is 1.45. The van der Waals surface area contributed by atoms with Crippen LogP contribution in [0.5, 0.6) is 11.5 Å². The molecule has 1 aromatic carbocycles. The van der Waals surface area contributed by atoms with Crippen LogP contribution in [-0.2, 0) is 6.54 Å². The number of halogens is 1. The maximum atomic E-state index is 5.71. The van der Waals surface area contributed by atoms with Gasteiger partial charge in [-0.2, -0.15) is 0 Å². The van der Waals surface area contributed by atoms with Gasteiger partial charge >= 0.3 is 0 Å². The highest BCUT2D eigenvalue weighted by Gasteiger charge is 2.52. The summed E-state index contributed by atoms with van der Waals surface area (Å²) in [4.78, 5) is 0. The van der Waals surface area contributed by atoms with Crippen molar-refractivity contribution in [2.75, 3.05) is 13.7 Å². The molecule has 4 heteroatoms. The lowest BCUT2D eigenvalue weighted by Crippen LogP contribution is -2.54. The first-order valence-corrected chi connectivity index (χ1v) is 11.0. The van der Waals surface area contributed by atoms with E-state index >= 15 is 0 Å². The van der Waals surface area contributed by atoms with Gasteiger partial charge in [-0.05, 0) is 109 Å². The van der Waals surface area contributed by atoms with Gasteiger partial charge in [-0.25, -0.2) is 0 Å². The van der Waals surface area contributed by atoms with Gasteiger partial charge < -0.3 is 14.8 Å². The number of rotatable bonds is 7. The monoisotopic (exact) mass is 421 g/mol. The molecule has 4 saturated carbocycles. The van der Waals surface area contributed by atoms with Gasteiger partial charge in [-0.1, -0.05) is 0 Å². The molecule has 4 bridgehead atoms. The first-order chi connectivity index (χ1) is 12.5. The minimum Gasteiger partial charge on any atom is -0.493 e. The van der Waals surface area contributed by atoms with Crippen molar-refractivity contribution >= 4 is 15.9 Å². The average Bonchev–Trinajstić information content (AvgIpc) is 2.60. The molecule has 0 aromatic heterocycles. The summed E-state index contributed by atoms with van der Waals surface area (Å²) in [6.07, 6.45) is 8.87. The molecular formula is C22H32BrNO2. The van der Waals surface area contributed by atoms with E-state index in [1.54, 1.807) is 7.11 Å². The van der Waals surface area contributed by atoms with Gasteiger partial charge in [0.2, 0.25) is 0 Å². The smallest absolute Gasteiger partial charge is 0.175 e. The SMILES string of the molecule is CCOc1c(Br)cc(CN[C@@H](C)C23CC4CC(CC(C4)C2)C3)cc1OC. The fourth-order valence-electron chi connectivity index (χ4n) is 6.36. The van der Waals surface area contributed by atoms with Gasteiger partial charge in [0.05, 0.1) is 18.2 Å². The zero-order valence-corrected chi connectivity index (χ0v) is 17.9. The molecule has 1 aromatic rings. The lowest BCUT2D eigenvalue weighted by atomic mass is 9.48. The Morgan fingerprint density at radius 3 is 2.31 bits per heavy atom. The first-order valence-electron chi connectivity index (χ1n) is 10.3. The fraction of sp³-hybridized carbons (Fsp3) is 0.727. The Labute approximate surface area is 166 Å². The van der Waals surface area contributed by atoms with Gasteiger partial charge in [0, 0.05) is 12.6 Å². The largest absolute Gasteiger partial charge is 0.493 e. The third-order valence-electron chi connectivity index (χ3n) is 7.19. The summed E-state index contributed by atoms with van der Waals surface area (Å²) in [6.45, 7) is 5.93. The highest BCUT2D eigenvalue weighted by Crippen LogP contribution is 2.61. The van der Waals surface area contributed by atoms with Crippen molar-refractivity contribution in [1.29, 1.82) is 0 Å². The molecule has 3 nitrogen and oxygen atoms in total. The molecule has 4 aliphatic rings. The van der Waals surface area contributed by atoms with Gasteiger partial charge in [0.1, 0.15) is 0 Å². The van der Waals surface area contributed by atoms with Gasteiger partial charge in [-0.15, -0.1) is 0 Å². The topological polar surface area (TPSA) is 30.5 Å². The molecule has 5 rings (SSSR count). The van der Waals surface area contributed by atoms with Gasteiger partial charge in [0.15, 0.2) is 11.5 Å². The molecule has 0 heterocycles. The molecule has 0 amide bonds. The third kappa shape index (κ3) is 3.40. The van der Waals surface area contributed by atoms with E-state index in [0.717, 1.165) is 40.3 Å². The molecule has 4 aliphatic carbocycles. The fourth-order valence-corrected chi connectivity index (χ4v) is 6.96. The van der Waals surface area contributed by atoms with E-state index in [4.69, 9.17) is 9.47 Å². The first kappa shape index (κ1) is 18.6. The predicted molar refractivity (Wildman–Crippen MR) is 109 cm³/mol. The van der Waals surface area contributed by atoms with Crippen LogP contribution in [0.25, 0.3) is 0 Å². The quantitative estimate of drug-likeness (QED) is 0.625. The zero-order valence-electron chi connectivity index (χ0n) is 16.3. The predicted octanol–water partition coefficient (Wildman–Crippen LogP) is 5.55.